The lowest BCUT2D eigenvalue weighted by atomic mass is 10.0. The molecule has 1 fully saturated rings. The second-order valence-corrected chi connectivity index (χ2v) is 9.81. The van der Waals surface area contributed by atoms with Crippen LogP contribution in [-0.4, -0.2) is 86.4 Å². The van der Waals surface area contributed by atoms with Crippen LogP contribution in [0, 0.1) is 0 Å². The Morgan fingerprint density at radius 3 is 1.05 bits per heavy atom. The van der Waals surface area contributed by atoms with Gasteiger partial charge in [0, 0.05) is 36.3 Å². The molecule has 0 aliphatic carbocycles. The van der Waals surface area contributed by atoms with Crippen LogP contribution in [0.3, 0.4) is 0 Å². The minimum Gasteiger partial charge on any atom is -0.490 e. The largest absolute Gasteiger partial charge is 0.490 e. The molecule has 2 amide bonds. The van der Waals surface area contributed by atoms with Gasteiger partial charge in [-0.15, -0.1) is 0 Å². The van der Waals surface area contributed by atoms with Crippen molar-refractivity contribution in [3.05, 3.63) is 35.4 Å². The van der Waals surface area contributed by atoms with Crippen molar-refractivity contribution in [2.75, 3.05) is 52.7 Å². The van der Waals surface area contributed by atoms with Gasteiger partial charge in [0.2, 0.25) is 11.5 Å². The molecule has 0 saturated carbocycles. The van der Waals surface area contributed by atoms with Crippen molar-refractivity contribution < 1.29 is 38.0 Å². The highest BCUT2D eigenvalue weighted by Crippen LogP contribution is 2.41. The topological polar surface area (TPSA) is 96.0 Å². The van der Waals surface area contributed by atoms with E-state index in [-0.39, 0.29) is 23.9 Å². The van der Waals surface area contributed by atoms with E-state index in [4.69, 9.17) is 28.4 Å². The molecule has 1 aliphatic heterocycles. The average Bonchev–Trinajstić information content (AvgIpc) is 2.97. The summed E-state index contributed by atoms with van der Waals surface area (Å²) in [5.41, 5.74) is 0.886. The fourth-order valence-corrected chi connectivity index (χ4v) is 5.05. The monoisotopic (exact) mass is 586 g/mol. The molecule has 2 aromatic rings. The number of amides is 2. The summed E-state index contributed by atoms with van der Waals surface area (Å²) in [4.78, 5) is 31.3. The zero-order valence-electron chi connectivity index (χ0n) is 26.3. The van der Waals surface area contributed by atoms with Crippen LogP contribution in [0.1, 0.15) is 76.1 Å². The van der Waals surface area contributed by atoms with Gasteiger partial charge in [-0.05, 0) is 79.7 Å². The van der Waals surface area contributed by atoms with E-state index >= 15 is 0 Å². The van der Waals surface area contributed by atoms with Crippen LogP contribution in [0.4, 0.5) is 0 Å². The third kappa shape index (κ3) is 7.33. The van der Waals surface area contributed by atoms with Gasteiger partial charge < -0.3 is 38.2 Å². The maximum atomic E-state index is 13.8. The molecular formula is C32H46N2O8. The summed E-state index contributed by atoms with van der Waals surface area (Å²) in [7, 11) is 0. The van der Waals surface area contributed by atoms with E-state index in [9.17, 15) is 9.59 Å². The number of ether oxygens (including phenoxy) is 6. The van der Waals surface area contributed by atoms with Crippen LogP contribution in [0.2, 0.25) is 0 Å². The lowest BCUT2D eigenvalue weighted by Gasteiger charge is -2.44. The van der Waals surface area contributed by atoms with Gasteiger partial charge in [-0.3, -0.25) is 9.59 Å². The Morgan fingerprint density at radius 1 is 0.548 bits per heavy atom. The summed E-state index contributed by atoms with van der Waals surface area (Å²) in [6.45, 7) is 18.4. The molecule has 1 aliphatic rings. The Morgan fingerprint density at radius 2 is 0.810 bits per heavy atom. The van der Waals surface area contributed by atoms with Gasteiger partial charge in [-0.25, -0.2) is 0 Å². The number of piperazine rings is 1. The third-order valence-electron chi connectivity index (χ3n) is 6.82. The summed E-state index contributed by atoms with van der Waals surface area (Å²) in [5.74, 6) is 2.52. The van der Waals surface area contributed by atoms with E-state index in [1.165, 1.54) is 0 Å². The lowest BCUT2D eigenvalue weighted by molar-refractivity contribution is 0.0269. The van der Waals surface area contributed by atoms with E-state index in [2.05, 4.69) is 0 Å². The fourth-order valence-electron chi connectivity index (χ4n) is 5.05. The lowest BCUT2D eigenvalue weighted by Crippen LogP contribution is -2.59. The minimum atomic E-state index is -0.240. The summed E-state index contributed by atoms with van der Waals surface area (Å²) < 4.78 is 34.9. The van der Waals surface area contributed by atoms with Gasteiger partial charge in [-0.2, -0.15) is 0 Å². The molecule has 0 N–H and O–H groups in total. The van der Waals surface area contributed by atoms with Crippen LogP contribution < -0.4 is 28.4 Å². The zero-order chi connectivity index (χ0) is 30.8. The van der Waals surface area contributed by atoms with Gasteiger partial charge in [-0.1, -0.05) is 0 Å². The molecule has 2 atom stereocenters. The molecule has 10 nitrogen and oxygen atoms in total. The van der Waals surface area contributed by atoms with Crippen LogP contribution in [-0.2, 0) is 0 Å². The van der Waals surface area contributed by atoms with Crippen LogP contribution in [0.15, 0.2) is 24.3 Å². The molecule has 3 rings (SSSR count). The van der Waals surface area contributed by atoms with Crippen molar-refractivity contribution in [1.29, 1.82) is 0 Å². The summed E-state index contributed by atoms with van der Waals surface area (Å²) >= 11 is 0. The second-order valence-electron chi connectivity index (χ2n) is 9.81. The quantitative estimate of drug-likeness (QED) is 0.288. The summed E-state index contributed by atoms with van der Waals surface area (Å²) in [5, 5.41) is 0. The Balaban J connectivity index is 1.89. The van der Waals surface area contributed by atoms with E-state index in [1.54, 1.807) is 34.1 Å². The van der Waals surface area contributed by atoms with Crippen molar-refractivity contribution in [3.63, 3.8) is 0 Å². The predicted molar refractivity (Wildman–Crippen MR) is 161 cm³/mol. The highest BCUT2D eigenvalue weighted by Gasteiger charge is 2.36. The Hall–Kier alpha value is -3.82. The molecular weight excluding hydrogens is 540 g/mol. The van der Waals surface area contributed by atoms with Crippen LogP contribution >= 0.6 is 0 Å². The van der Waals surface area contributed by atoms with Gasteiger partial charge in [0.25, 0.3) is 11.8 Å². The number of nitrogens with zero attached hydrogens (tertiary/aromatic N) is 2. The molecule has 42 heavy (non-hydrogen) atoms. The van der Waals surface area contributed by atoms with Crippen molar-refractivity contribution >= 4 is 11.8 Å². The van der Waals surface area contributed by atoms with Gasteiger partial charge >= 0.3 is 0 Å². The fraction of sp³-hybridized carbons (Fsp3) is 0.562. The van der Waals surface area contributed by atoms with Gasteiger partial charge in [0.05, 0.1) is 39.6 Å². The maximum Gasteiger partial charge on any atom is 0.254 e. The zero-order valence-corrected chi connectivity index (χ0v) is 26.3. The van der Waals surface area contributed by atoms with Gasteiger partial charge in [0.1, 0.15) is 0 Å². The number of rotatable bonds is 14. The maximum absolute atomic E-state index is 13.8. The van der Waals surface area contributed by atoms with E-state index in [0.717, 1.165) is 0 Å². The SMILES string of the molecule is CCOc1cc(C(=O)N2CC(C)N(C(=O)c3cc(OCC)c(OCC)c(OCC)c3)CC2C)cc(OCC)c1OCC. The second kappa shape index (κ2) is 15.4. The van der Waals surface area contributed by atoms with E-state index in [1.807, 2.05) is 55.4 Å². The molecule has 2 unspecified atom stereocenters. The smallest absolute Gasteiger partial charge is 0.254 e. The number of hydrogen-bond donors (Lipinski definition) is 0. The first-order valence-corrected chi connectivity index (χ1v) is 15.0. The summed E-state index contributed by atoms with van der Waals surface area (Å²) in [6, 6.07) is 6.35. The number of carbonyl (C=O) groups is 2. The highest BCUT2D eigenvalue weighted by atomic mass is 16.5. The first kappa shape index (κ1) is 32.7. The molecule has 0 bridgehead atoms. The third-order valence-corrected chi connectivity index (χ3v) is 6.82. The molecule has 1 heterocycles. The van der Waals surface area contributed by atoms with Crippen molar-refractivity contribution in [2.45, 2.75) is 67.5 Å². The first-order chi connectivity index (χ1) is 20.2. The van der Waals surface area contributed by atoms with Crippen LogP contribution in [0.25, 0.3) is 0 Å². The Bertz CT molecular complexity index is 1070. The Kier molecular flexibility index (Phi) is 12.0. The normalized spacial score (nSPS) is 16.6. The average molecular weight is 587 g/mol. The standard InChI is InChI=1S/C32H46N2O8/c1-9-37-25-15-23(16-26(38-10-2)29(25)41-13-5)31(35)33-19-22(8)34(20-21(33)7)32(36)24-17-27(39-11-3)30(42-14-6)28(18-24)40-12-4/h15-18,21-22H,9-14,19-20H2,1-8H3. The summed E-state index contributed by atoms with van der Waals surface area (Å²) in [6.07, 6.45) is 0. The molecule has 0 radical (unpaired) electrons. The molecule has 10 heteroatoms. The molecule has 2 aromatic carbocycles. The molecule has 1 saturated heterocycles. The van der Waals surface area contributed by atoms with Crippen molar-refractivity contribution in [1.82, 2.24) is 9.80 Å². The predicted octanol–water partition coefficient (Wildman–Crippen LogP) is 5.45. The number of hydrogen-bond acceptors (Lipinski definition) is 8. The number of carbonyl (C=O) groups excluding carboxylic acids is 2. The molecule has 232 valence electrons. The van der Waals surface area contributed by atoms with E-state index < -0.39 is 0 Å². The van der Waals surface area contributed by atoms with Crippen LogP contribution in [0.5, 0.6) is 34.5 Å². The van der Waals surface area contributed by atoms with E-state index in [0.29, 0.717) is 98.4 Å². The van der Waals surface area contributed by atoms with Gasteiger partial charge in [0.15, 0.2) is 23.0 Å². The number of benzene rings is 2. The van der Waals surface area contributed by atoms with Crippen molar-refractivity contribution in [3.8, 4) is 34.5 Å². The first-order valence-electron chi connectivity index (χ1n) is 15.0. The molecule has 0 spiro atoms. The van der Waals surface area contributed by atoms with Crippen molar-refractivity contribution in [2.24, 2.45) is 0 Å². The Labute approximate surface area is 249 Å². The molecule has 0 aromatic heterocycles. The highest BCUT2D eigenvalue weighted by molar-refractivity contribution is 5.98. The minimum absolute atomic E-state index is 0.162.